The van der Waals surface area contributed by atoms with Crippen molar-refractivity contribution in [2.24, 2.45) is 0 Å². The van der Waals surface area contributed by atoms with Crippen LogP contribution in [0.15, 0.2) is 48.8 Å². The molecule has 0 atom stereocenters. The molecule has 0 radical (unpaired) electrons. The van der Waals surface area contributed by atoms with Gasteiger partial charge < -0.3 is 10.2 Å². The molecule has 1 N–H and O–H groups in total. The summed E-state index contributed by atoms with van der Waals surface area (Å²) < 4.78 is 0. The Balaban J connectivity index is 1.46. The highest BCUT2D eigenvalue weighted by atomic mass is 16.2. The number of nitrogens with zero attached hydrogens (tertiary/aromatic N) is 3. The van der Waals surface area contributed by atoms with Crippen molar-refractivity contribution in [3.05, 3.63) is 59.9 Å². The molecule has 1 aliphatic heterocycles. The van der Waals surface area contributed by atoms with Gasteiger partial charge in [-0.25, -0.2) is 0 Å². The fraction of sp³-hybridized carbons (Fsp3) is 0.316. The lowest BCUT2D eigenvalue weighted by molar-refractivity contribution is -0.117. The highest BCUT2D eigenvalue weighted by Crippen LogP contribution is 2.10. The molecule has 6 nitrogen and oxygen atoms in total. The smallest absolute Gasteiger partial charge is 0.254 e. The number of amides is 2. The highest BCUT2D eigenvalue weighted by molar-refractivity contribution is 5.94. The number of piperazine rings is 1. The van der Waals surface area contributed by atoms with Gasteiger partial charge in [-0.3, -0.25) is 19.5 Å². The summed E-state index contributed by atoms with van der Waals surface area (Å²) in [6.07, 6.45) is 3.25. The van der Waals surface area contributed by atoms with Gasteiger partial charge in [0.15, 0.2) is 0 Å². The van der Waals surface area contributed by atoms with E-state index in [2.05, 4.69) is 15.2 Å². The fourth-order valence-electron chi connectivity index (χ4n) is 2.83. The number of pyridine rings is 1. The third-order valence-corrected chi connectivity index (χ3v) is 4.29. The number of aromatic nitrogens is 1. The number of hydrogen-bond acceptors (Lipinski definition) is 4. The predicted octanol–water partition coefficient (Wildman–Crippen LogP) is 1.79. The normalized spacial score (nSPS) is 15.0. The van der Waals surface area contributed by atoms with Crippen LogP contribution in [0.5, 0.6) is 0 Å². The summed E-state index contributed by atoms with van der Waals surface area (Å²) in [7, 11) is 0. The van der Waals surface area contributed by atoms with Crippen molar-refractivity contribution in [3.8, 4) is 0 Å². The number of benzene rings is 1. The molecule has 25 heavy (non-hydrogen) atoms. The first kappa shape index (κ1) is 17.1. The van der Waals surface area contributed by atoms with Crippen LogP contribution in [0.1, 0.15) is 15.9 Å². The van der Waals surface area contributed by atoms with Gasteiger partial charge in [-0.05, 0) is 31.2 Å². The van der Waals surface area contributed by atoms with Crippen molar-refractivity contribution < 1.29 is 9.59 Å². The molecule has 1 saturated heterocycles. The Kier molecular flexibility index (Phi) is 5.40. The van der Waals surface area contributed by atoms with Crippen molar-refractivity contribution in [3.63, 3.8) is 0 Å². The molecule has 1 aromatic carbocycles. The summed E-state index contributed by atoms with van der Waals surface area (Å²) >= 11 is 0. The Labute approximate surface area is 147 Å². The summed E-state index contributed by atoms with van der Waals surface area (Å²) in [6.45, 7) is 4.98. The van der Waals surface area contributed by atoms with E-state index in [1.165, 1.54) is 0 Å². The average Bonchev–Trinajstić information content (AvgIpc) is 2.64. The van der Waals surface area contributed by atoms with Crippen molar-refractivity contribution in [1.82, 2.24) is 14.8 Å². The molecule has 2 aromatic rings. The van der Waals surface area contributed by atoms with Crippen LogP contribution in [-0.2, 0) is 4.79 Å². The molecule has 1 aromatic heterocycles. The number of carbonyl (C=O) groups excluding carboxylic acids is 2. The lowest BCUT2D eigenvalue weighted by atomic mass is 10.2. The number of rotatable bonds is 4. The van der Waals surface area contributed by atoms with Gasteiger partial charge in [0, 0.05) is 49.8 Å². The first-order valence-corrected chi connectivity index (χ1v) is 8.40. The van der Waals surface area contributed by atoms with E-state index in [1.807, 2.05) is 36.1 Å². The van der Waals surface area contributed by atoms with Gasteiger partial charge >= 0.3 is 0 Å². The Hall–Kier alpha value is -2.73. The van der Waals surface area contributed by atoms with Gasteiger partial charge in [0.1, 0.15) is 0 Å². The zero-order valence-corrected chi connectivity index (χ0v) is 14.3. The molecule has 2 amide bonds. The molecule has 0 aliphatic carbocycles. The molecule has 1 aliphatic rings. The quantitative estimate of drug-likeness (QED) is 0.923. The van der Waals surface area contributed by atoms with E-state index < -0.39 is 0 Å². The third kappa shape index (κ3) is 4.64. The molecule has 6 heteroatoms. The van der Waals surface area contributed by atoms with Gasteiger partial charge in [0.05, 0.1) is 6.54 Å². The molecule has 3 rings (SSSR count). The summed E-state index contributed by atoms with van der Waals surface area (Å²) in [4.78, 5) is 32.4. The Morgan fingerprint density at radius 3 is 2.28 bits per heavy atom. The van der Waals surface area contributed by atoms with Gasteiger partial charge in [-0.2, -0.15) is 0 Å². The van der Waals surface area contributed by atoms with Crippen molar-refractivity contribution in [2.75, 3.05) is 38.0 Å². The van der Waals surface area contributed by atoms with E-state index in [0.29, 0.717) is 38.3 Å². The van der Waals surface area contributed by atoms with Crippen molar-refractivity contribution >= 4 is 17.5 Å². The minimum absolute atomic E-state index is 0.0196. The zero-order valence-electron chi connectivity index (χ0n) is 14.3. The fourth-order valence-corrected chi connectivity index (χ4v) is 2.83. The van der Waals surface area contributed by atoms with Crippen LogP contribution in [-0.4, -0.2) is 59.3 Å². The average molecular weight is 338 g/mol. The standard InChI is InChI=1S/C19H22N4O2/c1-15-2-4-17(5-3-15)21-18(24)14-22-10-12-23(13-11-22)19(25)16-6-8-20-9-7-16/h2-9H,10-14H2,1H3,(H,21,24). The van der Waals surface area contributed by atoms with Crippen LogP contribution in [0.3, 0.4) is 0 Å². The maximum absolute atomic E-state index is 12.4. The van der Waals surface area contributed by atoms with Crippen LogP contribution >= 0.6 is 0 Å². The number of nitrogens with one attached hydrogen (secondary N) is 1. The Morgan fingerprint density at radius 2 is 1.64 bits per heavy atom. The minimum Gasteiger partial charge on any atom is -0.336 e. The van der Waals surface area contributed by atoms with E-state index in [9.17, 15) is 9.59 Å². The lowest BCUT2D eigenvalue weighted by Crippen LogP contribution is -2.50. The first-order valence-electron chi connectivity index (χ1n) is 8.40. The third-order valence-electron chi connectivity index (χ3n) is 4.29. The van der Waals surface area contributed by atoms with E-state index in [-0.39, 0.29) is 11.8 Å². The monoisotopic (exact) mass is 338 g/mol. The van der Waals surface area contributed by atoms with Gasteiger partial charge in [-0.15, -0.1) is 0 Å². The topological polar surface area (TPSA) is 65.5 Å². The number of carbonyl (C=O) groups is 2. The number of anilines is 1. The molecule has 0 saturated carbocycles. The van der Waals surface area contributed by atoms with E-state index in [0.717, 1.165) is 11.3 Å². The van der Waals surface area contributed by atoms with Crippen LogP contribution < -0.4 is 5.32 Å². The van der Waals surface area contributed by atoms with E-state index >= 15 is 0 Å². The zero-order chi connectivity index (χ0) is 17.6. The Morgan fingerprint density at radius 1 is 1.00 bits per heavy atom. The van der Waals surface area contributed by atoms with Crippen LogP contribution in [0.25, 0.3) is 0 Å². The minimum atomic E-state index is -0.0298. The van der Waals surface area contributed by atoms with Crippen molar-refractivity contribution in [2.45, 2.75) is 6.92 Å². The molecule has 130 valence electrons. The number of hydrogen-bond donors (Lipinski definition) is 1. The summed E-state index contributed by atoms with van der Waals surface area (Å²) in [5, 5.41) is 2.91. The van der Waals surface area contributed by atoms with Gasteiger partial charge in [0.2, 0.25) is 5.91 Å². The molecule has 0 spiro atoms. The molecule has 2 heterocycles. The maximum atomic E-state index is 12.4. The maximum Gasteiger partial charge on any atom is 0.254 e. The highest BCUT2D eigenvalue weighted by Gasteiger charge is 2.23. The number of aryl methyl sites for hydroxylation is 1. The van der Waals surface area contributed by atoms with Crippen LogP contribution in [0.2, 0.25) is 0 Å². The largest absolute Gasteiger partial charge is 0.336 e. The van der Waals surface area contributed by atoms with Crippen molar-refractivity contribution in [1.29, 1.82) is 0 Å². The lowest BCUT2D eigenvalue weighted by Gasteiger charge is -2.34. The van der Waals surface area contributed by atoms with Crippen LogP contribution in [0, 0.1) is 6.92 Å². The predicted molar refractivity (Wildman–Crippen MR) is 96.4 cm³/mol. The van der Waals surface area contributed by atoms with Gasteiger partial charge in [-0.1, -0.05) is 17.7 Å². The SMILES string of the molecule is Cc1ccc(NC(=O)CN2CCN(C(=O)c3ccncc3)CC2)cc1. The summed E-state index contributed by atoms with van der Waals surface area (Å²) in [5.41, 5.74) is 2.62. The summed E-state index contributed by atoms with van der Waals surface area (Å²) in [6, 6.07) is 11.2. The first-order chi connectivity index (χ1) is 12.1. The Bertz CT molecular complexity index is 723. The van der Waals surface area contributed by atoms with E-state index in [4.69, 9.17) is 0 Å². The second-order valence-corrected chi connectivity index (χ2v) is 6.22. The summed E-state index contributed by atoms with van der Waals surface area (Å²) in [5.74, 6) is -0.0103. The second-order valence-electron chi connectivity index (χ2n) is 6.22. The van der Waals surface area contributed by atoms with Gasteiger partial charge in [0.25, 0.3) is 5.91 Å². The second kappa shape index (κ2) is 7.90. The van der Waals surface area contributed by atoms with E-state index in [1.54, 1.807) is 24.5 Å². The molecule has 0 bridgehead atoms. The molecular formula is C19H22N4O2. The molecular weight excluding hydrogens is 316 g/mol. The van der Waals surface area contributed by atoms with Crippen LogP contribution in [0.4, 0.5) is 5.69 Å². The molecule has 1 fully saturated rings. The molecule has 0 unspecified atom stereocenters.